The molecule has 0 saturated heterocycles. The molecule has 1 fully saturated rings. The topological polar surface area (TPSA) is 64.6 Å². The number of nitrogens with one attached hydrogen (secondary N) is 1. The highest BCUT2D eigenvalue weighted by molar-refractivity contribution is 5.92. The molecule has 2 aromatic rings. The average molecular weight is 438 g/mol. The maximum absolute atomic E-state index is 12.7. The summed E-state index contributed by atoms with van der Waals surface area (Å²) in [7, 11) is 1.52. The van der Waals surface area contributed by atoms with Gasteiger partial charge in [0.25, 0.3) is 0 Å². The van der Waals surface area contributed by atoms with E-state index in [9.17, 15) is 9.59 Å². The molecule has 1 saturated carbocycles. The molecule has 1 amide bonds. The van der Waals surface area contributed by atoms with Crippen LogP contribution in [0.4, 0.5) is 5.69 Å². The van der Waals surface area contributed by atoms with Gasteiger partial charge in [0, 0.05) is 5.69 Å². The summed E-state index contributed by atoms with van der Waals surface area (Å²) < 4.78 is 10.9. The lowest BCUT2D eigenvalue weighted by molar-refractivity contribution is -0.143. The van der Waals surface area contributed by atoms with Crippen LogP contribution in [0.3, 0.4) is 0 Å². The van der Waals surface area contributed by atoms with Crippen molar-refractivity contribution in [3.05, 3.63) is 53.6 Å². The Morgan fingerprint density at radius 2 is 1.72 bits per heavy atom. The smallest absolute Gasteiger partial charge is 0.316 e. The predicted molar refractivity (Wildman–Crippen MR) is 127 cm³/mol. The Balaban J connectivity index is 1.63. The van der Waals surface area contributed by atoms with Gasteiger partial charge in [-0.25, -0.2) is 0 Å². The number of methoxy groups -OCH3 is 1. The van der Waals surface area contributed by atoms with Crippen LogP contribution in [0.5, 0.6) is 11.5 Å². The van der Waals surface area contributed by atoms with Crippen LogP contribution in [0.25, 0.3) is 0 Å². The molecule has 0 aromatic heterocycles. The number of rotatable bonds is 6. The van der Waals surface area contributed by atoms with Crippen molar-refractivity contribution in [1.82, 2.24) is 0 Å². The Hall–Kier alpha value is -2.82. The molecule has 172 valence electrons. The third-order valence-electron chi connectivity index (χ3n) is 6.07. The summed E-state index contributed by atoms with van der Waals surface area (Å²) in [6.45, 7) is 7.71. The fourth-order valence-corrected chi connectivity index (χ4v) is 4.01. The predicted octanol–water partition coefficient (Wildman–Crippen LogP) is 6.12. The quantitative estimate of drug-likeness (QED) is 0.437. The van der Waals surface area contributed by atoms with Crippen LogP contribution in [0.1, 0.15) is 70.4 Å². The fraction of sp³-hybridized carbons (Fsp3) is 0.481. The fourth-order valence-electron chi connectivity index (χ4n) is 4.01. The lowest BCUT2D eigenvalue weighted by Gasteiger charge is -2.26. The van der Waals surface area contributed by atoms with Crippen LogP contribution in [-0.4, -0.2) is 19.0 Å². The largest absolute Gasteiger partial charge is 0.493 e. The van der Waals surface area contributed by atoms with Gasteiger partial charge in [0.2, 0.25) is 5.91 Å². The van der Waals surface area contributed by atoms with Gasteiger partial charge in [0.1, 0.15) is 0 Å². The van der Waals surface area contributed by atoms with Gasteiger partial charge in [-0.1, -0.05) is 38.0 Å². The van der Waals surface area contributed by atoms with Gasteiger partial charge >= 0.3 is 5.97 Å². The molecule has 0 radical (unpaired) electrons. The zero-order valence-electron chi connectivity index (χ0n) is 19.9. The Kier molecular flexibility index (Phi) is 7.60. The van der Waals surface area contributed by atoms with Crippen LogP contribution >= 0.6 is 0 Å². The molecule has 0 bridgehead atoms. The van der Waals surface area contributed by atoms with E-state index in [1.807, 2.05) is 12.1 Å². The summed E-state index contributed by atoms with van der Waals surface area (Å²) >= 11 is 0. The summed E-state index contributed by atoms with van der Waals surface area (Å²) in [5.74, 6) is 1.74. The normalized spacial score (nSPS) is 18.7. The van der Waals surface area contributed by atoms with E-state index in [0.29, 0.717) is 17.4 Å². The van der Waals surface area contributed by atoms with Crippen LogP contribution in [0.15, 0.2) is 42.5 Å². The average Bonchev–Trinajstić information content (AvgIpc) is 2.74. The second-order valence-electron chi connectivity index (χ2n) is 9.93. The second-order valence-corrected chi connectivity index (χ2v) is 9.93. The van der Waals surface area contributed by atoms with E-state index < -0.39 is 5.41 Å². The number of hydrogen-bond acceptors (Lipinski definition) is 4. The van der Waals surface area contributed by atoms with Crippen molar-refractivity contribution in [2.45, 2.75) is 65.7 Å². The van der Waals surface area contributed by atoms with Crippen molar-refractivity contribution >= 4 is 17.6 Å². The van der Waals surface area contributed by atoms with Crippen molar-refractivity contribution in [2.24, 2.45) is 11.3 Å². The SMILES string of the molecule is COc1cc(CC(=O)Nc2cccc(C3CCC(C)CC3)c2)ccc1OC(=O)C(C)(C)C. The van der Waals surface area contributed by atoms with E-state index in [1.165, 1.54) is 38.4 Å². The number of carbonyl (C=O) groups is 2. The Morgan fingerprint density at radius 1 is 1.00 bits per heavy atom. The monoisotopic (exact) mass is 437 g/mol. The number of hydrogen-bond donors (Lipinski definition) is 1. The molecule has 5 nitrogen and oxygen atoms in total. The molecule has 3 rings (SSSR count). The van der Waals surface area contributed by atoms with Crippen molar-refractivity contribution < 1.29 is 19.1 Å². The Morgan fingerprint density at radius 3 is 2.38 bits per heavy atom. The summed E-state index contributed by atoms with van der Waals surface area (Å²) in [5, 5.41) is 3.02. The lowest BCUT2D eigenvalue weighted by atomic mass is 9.79. The molecule has 1 aliphatic rings. The number of ether oxygens (including phenoxy) is 2. The minimum atomic E-state index is -0.617. The minimum absolute atomic E-state index is 0.0964. The number of amides is 1. The van der Waals surface area contributed by atoms with Gasteiger partial charge in [-0.15, -0.1) is 0 Å². The molecular formula is C27H35NO4. The van der Waals surface area contributed by atoms with Gasteiger partial charge in [-0.3, -0.25) is 9.59 Å². The molecule has 5 heteroatoms. The molecule has 2 aromatic carbocycles. The summed E-state index contributed by atoms with van der Waals surface area (Å²) in [4.78, 5) is 24.9. The number of anilines is 1. The van der Waals surface area contributed by atoms with E-state index in [-0.39, 0.29) is 18.3 Å². The molecule has 32 heavy (non-hydrogen) atoms. The third kappa shape index (κ3) is 6.35. The molecule has 0 aliphatic heterocycles. The number of esters is 1. The zero-order chi connectivity index (χ0) is 23.3. The van der Waals surface area contributed by atoms with Crippen LogP contribution in [-0.2, 0) is 16.0 Å². The van der Waals surface area contributed by atoms with Crippen molar-refractivity contribution in [3.63, 3.8) is 0 Å². The Bertz CT molecular complexity index is 952. The third-order valence-corrected chi connectivity index (χ3v) is 6.07. The van der Waals surface area contributed by atoms with Crippen molar-refractivity contribution in [1.29, 1.82) is 0 Å². The van der Waals surface area contributed by atoms with Gasteiger partial charge in [-0.2, -0.15) is 0 Å². The highest BCUT2D eigenvalue weighted by Crippen LogP contribution is 2.36. The Labute approximate surface area is 191 Å². The van der Waals surface area contributed by atoms with Crippen LogP contribution in [0.2, 0.25) is 0 Å². The maximum Gasteiger partial charge on any atom is 0.316 e. The van der Waals surface area contributed by atoms with Crippen LogP contribution < -0.4 is 14.8 Å². The van der Waals surface area contributed by atoms with Crippen molar-refractivity contribution in [2.75, 3.05) is 12.4 Å². The second kappa shape index (κ2) is 10.2. The first kappa shape index (κ1) is 23.8. The molecule has 0 heterocycles. The highest BCUT2D eigenvalue weighted by Gasteiger charge is 2.25. The van der Waals surface area contributed by atoms with E-state index in [1.54, 1.807) is 39.0 Å². The molecule has 1 aliphatic carbocycles. The van der Waals surface area contributed by atoms with E-state index >= 15 is 0 Å². The van der Waals surface area contributed by atoms with E-state index in [2.05, 4.69) is 24.4 Å². The van der Waals surface area contributed by atoms with Gasteiger partial charge in [0.05, 0.1) is 18.9 Å². The van der Waals surface area contributed by atoms with Gasteiger partial charge in [0.15, 0.2) is 11.5 Å². The molecule has 0 atom stereocenters. The first-order valence-corrected chi connectivity index (χ1v) is 11.4. The minimum Gasteiger partial charge on any atom is -0.493 e. The maximum atomic E-state index is 12.7. The number of benzene rings is 2. The standard InChI is InChI=1S/C27H35NO4/c1-18-9-12-20(13-10-18)21-7-6-8-22(17-21)28-25(29)16-19-11-14-23(24(15-19)31-5)32-26(30)27(2,3)4/h6-8,11,14-15,17-18,20H,9-10,12-13,16H2,1-5H3,(H,28,29). The molecule has 0 spiro atoms. The van der Waals surface area contributed by atoms with Gasteiger partial charge in [-0.05, 0) is 80.8 Å². The molecule has 0 unspecified atom stereocenters. The summed E-state index contributed by atoms with van der Waals surface area (Å²) in [6, 6.07) is 13.4. The van der Waals surface area contributed by atoms with E-state index in [4.69, 9.17) is 9.47 Å². The lowest BCUT2D eigenvalue weighted by Crippen LogP contribution is -2.25. The number of carbonyl (C=O) groups excluding carboxylic acids is 2. The first-order chi connectivity index (χ1) is 15.2. The summed E-state index contributed by atoms with van der Waals surface area (Å²) in [5.41, 5.74) is 2.30. The van der Waals surface area contributed by atoms with Crippen LogP contribution in [0, 0.1) is 11.3 Å². The molecular weight excluding hydrogens is 402 g/mol. The summed E-state index contributed by atoms with van der Waals surface area (Å²) in [6.07, 6.45) is 5.16. The van der Waals surface area contributed by atoms with E-state index in [0.717, 1.165) is 17.2 Å². The first-order valence-electron chi connectivity index (χ1n) is 11.4. The molecule has 1 N–H and O–H groups in total. The van der Waals surface area contributed by atoms with Crippen molar-refractivity contribution in [3.8, 4) is 11.5 Å². The van der Waals surface area contributed by atoms with Gasteiger partial charge < -0.3 is 14.8 Å². The highest BCUT2D eigenvalue weighted by atomic mass is 16.6. The zero-order valence-corrected chi connectivity index (χ0v) is 19.9.